The fourth-order valence-electron chi connectivity index (χ4n) is 1.20. The minimum absolute atomic E-state index is 0.157. The summed E-state index contributed by atoms with van der Waals surface area (Å²) in [5.74, 6) is -0.458. The predicted octanol–water partition coefficient (Wildman–Crippen LogP) is 1.48. The van der Waals surface area contributed by atoms with Crippen molar-refractivity contribution < 1.29 is 14.3 Å². The highest BCUT2D eigenvalue weighted by atomic mass is 35.5. The number of esters is 1. The third-order valence-electron chi connectivity index (χ3n) is 2.13. The number of carbonyl (C=O) groups is 1. The molecule has 2 rings (SSSR count). The molecule has 2 N–H and O–H groups in total. The minimum atomic E-state index is -0.458. The molecule has 0 atom stereocenters. The number of rotatable bonds is 2. The average molecular weight is 228 g/mol. The lowest BCUT2D eigenvalue weighted by Crippen LogP contribution is -2.37. The van der Waals surface area contributed by atoms with E-state index >= 15 is 0 Å². The summed E-state index contributed by atoms with van der Waals surface area (Å²) < 4.78 is 9.99. The van der Waals surface area contributed by atoms with Crippen LogP contribution in [0.5, 0.6) is 0 Å². The topological polar surface area (TPSA) is 61.6 Å². The van der Waals surface area contributed by atoms with Crippen molar-refractivity contribution in [2.45, 2.75) is 6.10 Å². The van der Waals surface area contributed by atoms with Gasteiger partial charge in [0.05, 0.1) is 29.5 Å². The third-order valence-corrected chi connectivity index (χ3v) is 2.55. The van der Waals surface area contributed by atoms with Crippen molar-refractivity contribution in [1.82, 2.24) is 0 Å². The van der Waals surface area contributed by atoms with E-state index in [1.165, 1.54) is 0 Å². The Balaban J connectivity index is 2.13. The number of hydrogen-bond acceptors (Lipinski definition) is 4. The van der Waals surface area contributed by atoms with Crippen LogP contribution in [0.1, 0.15) is 10.4 Å². The Kier molecular flexibility index (Phi) is 2.79. The molecular formula is C10H10ClNO3. The molecule has 0 radical (unpaired) electrons. The van der Waals surface area contributed by atoms with Crippen LogP contribution in [0.4, 0.5) is 5.69 Å². The minimum Gasteiger partial charge on any atom is -0.454 e. The summed E-state index contributed by atoms with van der Waals surface area (Å²) in [6, 6.07) is 4.88. The Bertz CT molecular complexity index is 390. The monoisotopic (exact) mass is 227 g/mol. The number of nitrogens with two attached hydrogens (primary N) is 1. The molecule has 1 aromatic rings. The molecule has 0 amide bonds. The van der Waals surface area contributed by atoms with E-state index in [0.717, 1.165) is 0 Å². The maximum atomic E-state index is 11.6. The quantitative estimate of drug-likeness (QED) is 0.614. The molecule has 1 saturated heterocycles. The van der Waals surface area contributed by atoms with E-state index in [4.69, 9.17) is 26.8 Å². The van der Waals surface area contributed by atoms with Crippen molar-refractivity contribution in [3.05, 3.63) is 28.8 Å². The van der Waals surface area contributed by atoms with Crippen molar-refractivity contribution in [2.75, 3.05) is 18.9 Å². The van der Waals surface area contributed by atoms with Crippen LogP contribution in [-0.2, 0) is 9.47 Å². The number of anilines is 1. The van der Waals surface area contributed by atoms with Gasteiger partial charge in [0.15, 0.2) is 0 Å². The van der Waals surface area contributed by atoms with Crippen molar-refractivity contribution >= 4 is 23.3 Å². The highest BCUT2D eigenvalue weighted by Crippen LogP contribution is 2.24. The fourth-order valence-corrected chi connectivity index (χ4v) is 1.41. The van der Waals surface area contributed by atoms with Crippen LogP contribution in [0.3, 0.4) is 0 Å². The largest absolute Gasteiger partial charge is 0.454 e. The third kappa shape index (κ3) is 2.06. The van der Waals surface area contributed by atoms with E-state index in [0.29, 0.717) is 24.5 Å². The molecule has 5 heteroatoms. The van der Waals surface area contributed by atoms with Crippen LogP contribution in [0.15, 0.2) is 18.2 Å². The van der Waals surface area contributed by atoms with Gasteiger partial charge in [-0.3, -0.25) is 0 Å². The second-order valence-corrected chi connectivity index (χ2v) is 3.65. The van der Waals surface area contributed by atoms with Gasteiger partial charge < -0.3 is 15.2 Å². The van der Waals surface area contributed by atoms with E-state index in [2.05, 4.69) is 0 Å². The zero-order valence-electron chi connectivity index (χ0n) is 7.90. The van der Waals surface area contributed by atoms with E-state index in [9.17, 15) is 4.79 Å². The van der Waals surface area contributed by atoms with Crippen molar-refractivity contribution in [3.63, 3.8) is 0 Å². The van der Waals surface area contributed by atoms with E-state index in [1.807, 2.05) is 0 Å². The van der Waals surface area contributed by atoms with Crippen molar-refractivity contribution in [3.8, 4) is 0 Å². The molecule has 1 aliphatic rings. The number of carbonyl (C=O) groups excluding carboxylic acids is 1. The van der Waals surface area contributed by atoms with E-state index in [1.54, 1.807) is 18.2 Å². The zero-order chi connectivity index (χ0) is 10.8. The summed E-state index contributed by atoms with van der Waals surface area (Å²) in [5, 5.41) is 0.239. The Hall–Kier alpha value is -1.26. The first-order valence-electron chi connectivity index (χ1n) is 4.51. The molecule has 80 valence electrons. The van der Waals surface area contributed by atoms with Gasteiger partial charge in [-0.05, 0) is 12.1 Å². The van der Waals surface area contributed by atoms with Crippen molar-refractivity contribution in [1.29, 1.82) is 0 Å². The van der Waals surface area contributed by atoms with Crippen LogP contribution in [0, 0.1) is 0 Å². The number of halogens is 1. The molecule has 1 heterocycles. The molecule has 0 unspecified atom stereocenters. The second kappa shape index (κ2) is 4.08. The number of hydrogen-bond donors (Lipinski definition) is 1. The summed E-state index contributed by atoms with van der Waals surface area (Å²) in [7, 11) is 0. The van der Waals surface area contributed by atoms with Gasteiger partial charge in [0.25, 0.3) is 0 Å². The summed E-state index contributed by atoms with van der Waals surface area (Å²) >= 11 is 5.88. The van der Waals surface area contributed by atoms with Crippen LogP contribution >= 0.6 is 11.6 Å². The maximum absolute atomic E-state index is 11.6. The lowest BCUT2D eigenvalue weighted by atomic mass is 10.2. The zero-order valence-corrected chi connectivity index (χ0v) is 8.66. The number of benzene rings is 1. The number of nitrogen functional groups attached to an aromatic ring is 1. The van der Waals surface area contributed by atoms with Gasteiger partial charge in [-0.25, -0.2) is 4.79 Å². The SMILES string of the molecule is Nc1cccc(C(=O)OC2COC2)c1Cl. The smallest absolute Gasteiger partial charge is 0.340 e. The van der Waals surface area contributed by atoms with Crippen LogP contribution < -0.4 is 5.73 Å². The van der Waals surface area contributed by atoms with Crippen molar-refractivity contribution in [2.24, 2.45) is 0 Å². The van der Waals surface area contributed by atoms with Gasteiger partial charge in [0.2, 0.25) is 0 Å². The first-order chi connectivity index (χ1) is 7.18. The van der Waals surface area contributed by atoms with E-state index in [-0.39, 0.29) is 11.1 Å². The number of ether oxygens (including phenoxy) is 2. The molecule has 1 fully saturated rings. The molecule has 15 heavy (non-hydrogen) atoms. The summed E-state index contributed by atoms with van der Waals surface area (Å²) in [6.45, 7) is 0.900. The average Bonchev–Trinajstić information content (AvgIpc) is 2.15. The van der Waals surface area contributed by atoms with Crippen LogP contribution in [0.2, 0.25) is 5.02 Å². The van der Waals surface area contributed by atoms with Gasteiger partial charge in [-0.1, -0.05) is 17.7 Å². The van der Waals surface area contributed by atoms with Gasteiger partial charge in [0, 0.05) is 0 Å². The molecule has 0 bridgehead atoms. The first kappa shape index (κ1) is 10.3. The lowest BCUT2D eigenvalue weighted by molar-refractivity contribution is -0.103. The first-order valence-corrected chi connectivity index (χ1v) is 4.89. The highest BCUT2D eigenvalue weighted by molar-refractivity contribution is 6.36. The molecule has 0 spiro atoms. The Labute approximate surface area is 91.9 Å². The standard InChI is InChI=1S/C10H10ClNO3/c11-9-7(2-1-3-8(9)12)10(13)15-6-4-14-5-6/h1-3,6H,4-5,12H2. The normalized spacial score (nSPS) is 15.8. The Morgan fingerprint density at radius 3 is 2.87 bits per heavy atom. The molecule has 4 nitrogen and oxygen atoms in total. The van der Waals surface area contributed by atoms with Crippen LogP contribution in [0.25, 0.3) is 0 Å². The van der Waals surface area contributed by atoms with Crippen LogP contribution in [-0.4, -0.2) is 25.3 Å². The Morgan fingerprint density at radius 1 is 1.53 bits per heavy atom. The van der Waals surface area contributed by atoms with Gasteiger partial charge in [-0.15, -0.1) is 0 Å². The second-order valence-electron chi connectivity index (χ2n) is 3.27. The van der Waals surface area contributed by atoms with Gasteiger partial charge in [-0.2, -0.15) is 0 Å². The highest BCUT2D eigenvalue weighted by Gasteiger charge is 2.24. The molecule has 1 aliphatic heterocycles. The summed E-state index contributed by atoms with van der Waals surface area (Å²) in [6.07, 6.45) is -0.157. The predicted molar refractivity (Wildman–Crippen MR) is 55.9 cm³/mol. The molecule has 0 aromatic heterocycles. The van der Waals surface area contributed by atoms with Gasteiger partial charge >= 0.3 is 5.97 Å². The Morgan fingerprint density at radius 2 is 2.27 bits per heavy atom. The molecular weight excluding hydrogens is 218 g/mol. The lowest BCUT2D eigenvalue weighted by Gasteiger charge is -2.25. The molecule has 0 saturated carbocycles. The van der Waals surface area contributed by atoms with E-state index < -0.39 is 5.97 Å². The summed E-state index contributed by atoms with van der Waals surface area (Å²) in [5.41, 5.74) is 6.24. The molecule has 1 aromatic carbocycles. The fraction of sp³-hybridized carbons (Fsp3) is 0.300. The maximum Gasteiger partial charge on any atom is 0.340 e. The van der Waals surface area contributed by atoms with Gasteiger partial charge in [0.1, 0.15) is 6.10 Å². The summed E-state index contributed by atoms with van der Waals surface area (Å²) in [4.78, 5) is 11.6. The molecule has 0 aliphatic carbocycles.